The second kappa shape index (κ2) is 6.54. The summed E-state index contributed by atoms with van der Waals surface area (Å²) in [4.78, 5) is 13.0. The van der Waals surface area contributed by atoms with Crippen molar-refractivity contribution in [2.75, 3.05) is 6.61 Å². The molecule has 1 aliphatic heterocycles. The molecule has 108 valence electrons. The Morgan fingerprint density at radius 2 is 1.81 bits per heavy atom. The number of rotatable bonds is 4. The third-order valence-electron chi connectivity index (χ3n) is 3.92. The van der Waals surface area contributed by atoms with Crippen molar-refractivity contribution in [3.05, 3.63) is 70.2 Å². The average Bonchev–Trinajstić information content (AvgIpc) is 3.03. The molecular weight excluding hydrogens is 328 g/mol. The lowest BCUT2D eigenvalue weighted by Crippen LogP contribution is -2.26. The SMILES string of the molecule is O=C(c1ccccc1Br)C(c1ccccc1)C1CCCO1. The van der Waals surface area contributed by atoms with Gasteiger partial charge < -0.3 is 4.74 Å². The molecule has 0 bridgehead atoms. The topological polar surface area (TPSA) is 26.3 Å². The molecular formula is C18H17BrO2. The number of benzene rings is 2. The van der Waals surface area contributed by atoms with Gasteiger partial charge in [-0.2, -0.15) is 0 Å². The van der Waals surface area contributed by atoms with Crippen LogP contribution in [0.3, 0.4) is 0 Å². The minimum atomic E-state index is -0.229. The molecule has 2 aromatic rings. The molecule has 2 unspecified atom stereocenters. The standard InChI is InChI=1S/C18H17BrO2/c19-15-10-5-4-9-14(15)18(20)17(16-11-6-12-21-16)13-7-2-1-3-8-13/h1-5,7-10,16-17H,6,11-12H2. The van der Waals surface area contributed by atoms with Crippen molar-refractivity contribution in [1.29, 1.82) is 0 Å². The fourth-order valence-corrected chi connectivity index (χ4v) is 3.37. The van der Waals surface area contributed by atoms with E-state index < -0.39 is 0 Å². The Balaban J connectivity index is 1.99. The van der Waals surface area contributed by atoms with E-state index in [0.717, 1.165) is 35.0 Å². The lowest BCUT2D eigenvalue weighted by Gasteiger charge is -2.23. The average molecular weight is 345 g/mol. The highest BCUT2D eigenvalue weighted by atomic mass is 79.9. The van der Waals surface area contributed by atoms with Crippen LogP contribution in [-0.4, -0.2) is 18.5 Å². The van der Waals surface area contributed by atoms with Gasteiger partial charge in [0, 0.05) is 16.6 Å². The van der Waals surface area contributed by atoms with E-state index in [9.17, 15) is 4.79 Å². The summed E-state index contributed by atoms with van der Waals surface area (Å²) in [6.45, 7) is 0.747. The van der Waals surface area contributed by atoms with Crippen LogP contribution in [0.25, 0.3) is 0 Å². The number of Topliss-reactive ketones (excluding diaryl/α,β-unsaturated/α-hetero) is 1. The van der Waals surface area contributed by atoms with Crippen LogP contribution in [0, 0.1) is 0 Å². The van der Waals surface area contributed by atoms with Crippen LogP contribution in [0.2, 0.25) is 0 Å². The third kappa shape index (κ3) is 3.09. The first-order valence-corrected chi connectivity index (χ1v) is 8.02. The summed E-state index contributed by atoms with van der Waals surface area (Å²) in [5.74, 6) is -0.104. The Morgan fingerprint density at radius 3 is 2.48 bits per heavy atom. The molecule has 2 aromatic carbocycles. The van der Waals surface area contributed by atoms with E-state index in [1.165, 1.54) is 0 Å². The first-order chi connectivity index (χ1) is 10.3. The molecule has 0 aromatic heterocycles. The summed E-state index contributed by atoms with van der Waals surface area (Å²) in [5, 5.41) is 0. The highest BCUT2D eigenvalue weighted by Crippen LogP contribution is 2.33. The zero-order chi connectivity index (χ0) is 14.7. The molecule has 0 spiro atoms. The van der Waals surface area contributed by atoms with E-state index >= 15 is 0 Å². The van der Waals surface area contributed by atoms with E-state index in [0.29, 0.717) is 0 Å². The van der Waals surface area contributed by atoms with E-state index in [4.69, 9.17) is 4.74 Å². The fraction of sp³-hybridized carbons (Fsp3) is 0.278. The van der Waals surface area contributed by atoms with Crippen molar-refractivity contribution in [3.63, 3.8) is 0 Å². The van der Waals surface area contributed by atoms with Gasteiger partial charge >= 0.3 is 0 Å². The normalized spacial score (nSPS) is 19.4. The molecule has 2 nitrogen and oxygen atoms in total. The second-order valence-electron chi connectivity index (χ2n) is 5.28. The molecule has 1 saturated heterocycles. The van der Waals surface area contributed by atoms with Crippen LogP contribution in [0.1, 0.15) is 34.7 Å². The van der Waals surface area contributed by atoms with Gasteiger partial charge in [-0.15, -0.1) is 0 Å². The first-order valence-electron chi connectivity index (χ1n) is 7.22. The fourth-order valence-electron chi connectivity index (χ4n) is 2.89. The number of hydrogen-bond acceptors (Lipinski definition) is 2. The van der Waals surface area contributed by atoms with Crippen LogP contribution >= 0.6 is 15.9 Å². The van der Waals surface area contributed by atoms with Gasteiger partial charge in [0.15, 0.2) is 5.78 Å². The minimum absolute atomic E-state index is 0.0213. The van der Waals surface area contributed by atoms with E-state index in [2.05, 4.69) is 15.9 Å². The summed E-state index contributed by atoms with van der Waals surface area (Å²) in [6, 6.07) is 17.6. The number of halogens is 1. The molecule has 21 heavy (non-hydrogen) atoms. The number of ether oxygens (including phenoxy) is 1. The zero-order valence-electron chi connectivity index (χ0n) is 11.7. The van der Waals surface area contributed by atoms with Gasteiger partial charge in [0.2, 0.25) is 0 Å². The van der Waals surface area contributed by atoms with Crippen molar-refractivity contribution in [2.24, 2.45) is 0 Å². The molecule has 0 N–H and O–H groups in total. The Morgan fingerprint density at radius 1 is 1.10 bits per heavy atom. The van der Waals surface area contributed by atoms with E-state index in [1.807, 2.05) is 54.6 Å². The Labute approximate surface area is 133 Å². The van der Waals surface area contributed by atoms with Crippen molar-refractivity contribution in [1.82, 2.24) is 0 Å². The number of hydrogen-bond donors (Lipinski definition) is 0. The molecule has 3 heteroatoms. The number of ketones is 1. The molecule has 0 aliphatic carbocycles. The second-order valence-corrected chi connectivity index (χ2v) is 6.14. The molecule has 2 atom stereocenters. The van der Waals surface area contributed by atoms with Gasteiger partial charge in [-0.1, -0.05) is 64.5 Å². The van der Waals surface area contributed by atoms with Gasteiger partial charge in [-0.05, 0) is 24.5 Å². The smallest absolute Gasteiger partial charge is 0.174 e. The van der Waals surface area contributed by atoms with Gasteiger partial charge in [-0.25, -0.2) is 0 Å². The van der Waals surface area contributed by atoms with Crippen molar-refractivity contribution < 1.29 is 9.53 Å². The van der Waals surface area contributed by atoms with Crippen LogP contribution in [0.5, 0.6) is 0 Å². The summed E-state index contributed by atoms with van der Waals surface area (Å²) in [7, 11) is 0. The monoisotopic (exact) mass is 344 g/mol. The molecule has 0 radical (unpaired) electrons. The summed E-state index contributed by atoms with van der Waals surface area (Å²) in [5.41, 5.74) is 1.76. The number of carbonyl (C=O) groups excluding carboxylic acids is 1. The lowest BCUT2D eigenvalue weighted by atomic mass is 9.85. The first kappa shape index (κ1) is 14.5. The molecule has 0 saturated carbocycles. The van der Waals surface area contributed by atoms with Crippen LogP contribution in [0.4, 0.5) is 0 Å². The largest absolute Gasteiger partial charge is 0.377 e. The number of carbonyl (C=O) groups is 1. The quantitative estimate of drug-likeness (QED) is 0.758. The van der Waals surface area contributed by atoms with Gasteiger partial charge in [0.05, 0.1) is 12.0 Å². The molecule has 1 aliphatic rings. The molecule has 1 heterocycles. The molecule has 0 amide bonds. The predicted octanol–water partition coefficient (Wildman–Crippen LogP) is 4.59. The molecule has 1 fully saturated rings. The maximum atomic E-state index is 13.0. The minimum Gasteiger partial charge on any atom is -0.377 e. The van der Waals surface area contributed by atoms with Crippen molar-refractivity contribution >= 4 is 21.7 Å². The summed E-state index contributed by atoms with van der Waals surface area (Å²) < 4.78 is 6.66. The molecule has 3 rings (SSSR count). The Kier molecular flexibility index (Phi) is 4.51. The van der Waals surface area contributed by atoms with Crippen molar-refractivity contribution in [2.45, 2.75) is 24.9 Å². The Hall–Kier alpha value is -1.45. The highest BCUT2D eigenvalue weighted by Gasteiger charge is 2.34. The zero-order valence-corrected chi connectivity index (χ0v) is 13.3. The highest BCUT2D eigenvalue weighted by molar-refractivity contribution is 9.10. The van der Waals surface area contributed by atoms with Gasteiger partial charge in [0.1, 0.15) is 0 Å². The van der Waals surface area contributed by atoms with Crippen molar-refractivity contribution in [3.8, 4) is 0 Å². The predicted molar refractivity (Wildman–Crippen MR) is 86.6 cm³/mol. The van der Waals surface area contributed by atoms with Crippen LogP contribution in [-0.2, 0) is 4.74 Å². The summed E-state index contributed by atoms with van der Waals surface area (Å²) >= 11 is 3.48. The maximum absolute atomic E-state index is 13.0. The maximum Gasteiger partial charge on any atom is 0.174 e. The van der Waals surface area contributed by atoms with Gasteiger partial charge in [0.25, 0.3) is 0 Å². The summed E-state index contributed by atoms with van der Waals surface area (Å²) in [6.07, 6.45) is 1.94. The Bertz CT molecular complexity index is 618. The van der Waals surface area contributed by atoms with Crippen LogP contribution < -0.4 is 0 Å². The lowest BCUT2D eigenvalue weighted by molar-refractivity contribution is 0.0676. The van der Waals surface area contributed by atoms with Crippen LogP contribution in [0.15, 0.2) is 59.1 Å². The third-order valence-corrected chi connectivity index (χ3v) is 4.61. The van der Waals surface area contributed by atoms with Gasteiger partial charge in [-0.3, -0.25) is 4.79 Å². The van der Waals surface area contributed by atoms with E-state index in [-0.39, 0.29) is 17.8 Å². The van der Waals surface area contributed by atoms with E-state index in [1.54, 1.807) is 0 Å².